The van der Waals surface area contributed by atoms with Gasteiger partial charge >= 0.3 is 5.69 Å². The van der Waals surface area contributed by atoms with E-state index < -0.39 is 17.2 Å². The highest BCUT2D eigenvalue weighted by Crippen LogP contribution is 2.06. The molecule has 0 radical (unpaired) electrons. The molecule has 1 aromatic heterocycles. The number of amides is 1. The maximum Gasteiger partial charge on any atom is 0.328 e. The third-order valence-corrected chi connectivity index (χ3v) is 2.94. The first-order valence-electron chi connectivity index (χ1n) is 5.60. The SMILES string of the molecule is NNC(=O)c1ccc(Cn2cc(Cl)c(=O)[nH]c2=O)cc1. The van der Waals surface area contributed by atoms with Crippen molar-refractivity contribution in [2.75, 3.05) is 0 Å². The zero-order valence-corrected chi connectivity index (χ0v) is 11.0. The van der Waals surface area contributed by atoms with Gasteiger partial charge in [-0.1, -0.05) is 23.7 Å². The van der Waals surface area contributed by atoms with E-state index >= 15 is 0 Å². The van der Waals surface area contributed by atoms with Crippen LogP contribution in [0, 0.1) is 0 Å². The van der Waals surface area contributed by atoms with Crippen molar-refractivity contribution in [1.82, 2.24) is 15.0 Å². The van der Waals surface area contributed by atoms with Crippen LogP contribution in [0.4, 0.5) is 0 Å². The fourth-order valence-corrected chi connectivity index (χ4v) is 1.81. The van der Waals surface area contributed by atoms with Gasteiger partial charge in [0.05, 0.1) is 6.54 Å². The van der Waals surface area contributed by atoms with Gasteiger partial charge in [-0.25, -0.2) is 10.6 Å². The van der Waals surface area contributed by atoms with E-state index in [0.29, 0.717) is 5.56 Å². The Morgan fingerprint density at radius 1 is 1.30 bits per heavy atom. The van der Waals surface area contributed by atoms with Crippen LogP contribution in [0.2, 0.25) is 5.02 Å². The average Bonchev–Trinajstić information content (AvgIpc) is 2.44. The Morgan fingerprint density at radius 3 is 2.55 bits per heavy atom. The van der Waals surface area contributed by atoms with Crippen molar-refractivity contribution in [3.63, 3.8) is 0 Å². The van der Waals surface area contributed by atoms with Gasteiger partial charge in [-0.2, -0.15) is 0 Å². The second kappa shape index (κ2) is 5.72. The Kier molecular flexibility index (Phi) is 4.02. The highest BCUT2D eigenvalue weighted by molar-refractivity contribution is 6.30. The number of nitrogens with zero attached hydrogens (tertiary/aromatic N) is 1. The molecule has 20 heavy (non-hydrogen) atoms. The fourth-order valence-electron chi connectivity index (χ4n) is 1.64. The zero-order valence-electron chi connectivity index (χ0n) is 10.2. The van der Waals surface area contributed by atoms with E-state index in [4.69, 9.17) is 17.4 Å². The largest absolute Gasteiger partial charge is 0.328 e. The predicted molar refractivity (Wildman–Crippen MR) is 73.5 cm³/mol. The van der Waals surface area contributed by atoms with Crippen molar-refractivity contribution in [1.29, 1.82) is 0 Å². The molecule has 1 heterocycles. The van der Waals surface area contributed by atoms with Gasteiger partial charge in [0.15, 0.2) is 0 Å². The number of rotatable bonds is 3. The van der Waals surface area contributed by atoms with Crippen LogP contribution in [0.25, 0.3) is 0 Å². The van der Waals surface area contributed by atoms with E-state index in [1.54, 1.807) is 24.3 Å². The molecule has 0 unspecified atom stereocenters. The quantitative estimate of drug-likeness (QED) is 0.415. The van der Waals surface area contributed by atoms with Gasteiger partial charge in [0.1, 0.15) is 5.02 Å². The lowest BCUT2D eigenvalue weighted by Crippen LogP contribution is -2.30. The maximum absolute atomic E-state index is 11.6. The molecular weight excluding hydrogens is 284 g/mol. The Bertz CT molecular complexity index is 749. The molecule has 0 aliphatic carbocycles. The molecule has 8 heteroatoms. The molecule has 0 bridgehead atoms. The van der Waals surface area contributed by atoms with Crippen LogP contribution in [0.5, 0.6) is 0 Å². The molecule has 0 atom stereocenters. The maximum atomic E-state index is 11.6. The van der Waals surface area contributed by atoms with Crippen molar-refractivity contribution in [2.24, 2.45) is 5.84 Å². The number of nitrogen functional groups attached to an aromatic ring is 1. The predicted octanol–water partition coefficient (Wildman–Crippen LogP) is -0.158. The number of hydrogen-bond acceptors (Lipinski definition) is 4. The van der Waals surface area contributed by atoms with Gasteiger partial charge in [-0.3, -0.25) is 24.6 Å². The minimum absolute atomic E-state index is 0.0660. The topological polar surface area (TPSA) is 110 Å². The van der Waals surface area contributed by atoms with E-state index in [-0.39, 0.29) is 11.6 Å². The van der Waals surface area contributed by atoms with Gasteiger partial charge in [0.2, 0.25) is 0 Å². The number of carbonyl (C=O) groups excluding carboxylic acids is 1. The van der Waals surface area contributed by atoms with Crippen LogP contribution < -0.4 is 22.5 Å². The average molecular weight is 295 g/mol. The van der Waals surface area contributed by atoms with Crippen LogP contribution in [0.3, 0.4) is 0 Å². The lowest BCUT2D eigenvalue weighted by molar-refractivity contribution is 0.0953. The summed E-state index contributed by atoms with van der Waals surface area (Å²) in [6.07, 6.45) is 1.27. The number of H-pyrrole nitrogens is 1. The summed E-state index contributed by atoms with van der Waals surface area (Å²) in [5, 5.41) is -0.0660. The molecule has 1 amide bonds. The molecule has 0 aliphatic rings. The van der Waals surface area contributed by atoms with Crippen molar-refractivity contribution < 1.29 is 4.79 Å². The molecule has 7 nitrogen and oxygen atoms in total. The molecule has 4 N–H and O–H groups in total. The highest BCUT2D eigenvalue weighted by Gasteiger charge is 2.05. The van der Waals surface area contributed by atoms with Crippen LogP contribution in [-0.2, 0) is 6.54 Å². The first-order valence-corrected chi connectivity index (χ1v) is 5.98. The summed E-state index contributed by atoms with van der Waals surface area (Å²) in [7, 11) is 0. The Hall–Kier alpha value is -2.38. The van der Waals surface area contributed by atoms with E-state index in [2.05, 4.69) is 4.98 Å². The molecule has 0 saturated carbocycles. The lowest BCUT2D eigenvalue weighted by Gasteiger charge is -2.06. The molecule has 2 aromatic rings. The number of hydrogen-bond donors (Lipinski definition) is 3. The summed E-state index contributed by atoms with van der Waals surface area (Å²) >= 11 is 5.67. The van der Waals surface area contributed by atoms with Crippen LogP contribution in [-0.4, -0.2) is 15.5 Å². The fraction of sp³-hybridized carbons (Fsp3) is 0.0833. The summed E-state index contributed by atoms with van der Waals surface area (Å²) in [6, 6.07) is 6.51. The molecular formula is C12H11ClN4O3. The lowest BCUT2D eigenvalue weighted by atomic mass is 10.1. The number of benzene rings is 1. The van der Waals surface area contributed by atoms with Crippen LogP contribution in [0.1, 0.15) is 15.9 Å². The Morgan fingerprint density at radius 2 is 1.95 bits per heavy atom. The Balaban J connectivity index is 2.27. The van der Waals surface area contributed by atoms with Gasteiger partial charge in [0, 0.05) is 11.8 Å². The number of aromatic nitrogens is 2. The van der Waals surface area contributed by atoms with E-state index in [1.165, 1.54) is 10.8 Å². The minimum atomic E-state index is -0.622. The number of hydrazine groups is 1. The molecule has 0 saturated heterocycles. The van der Waals surface area contributed by atoms with Crippen molar-refractivity contribution >= 4 is 17.5 Å². The number of nitrogens with one attached hydrogen (secondary N) is 2. The van der Waals surface area contributed by atoms with Gasteiger partial charge < -0.3 is 0 Å². The second-order valence-electron chi connectivity index (χ2n) is 4.03. The first-order chi connectivity index (χ1) is 9.51. The number of aromatic amines is 1. The molecule has 0 fully saturated rings. The monoisotopic (exact) mass is 294 g/mol. The third kappa shape index (κ3) is 2.95. The van der Waals surface area contributed by atoms with Crippen molar-refractivity contribution in [3.8, 4) is 0 Å². The smallest absolute Gasteiger partial charge is 0.295 e. The summed E-state index contributed by atoms with van der Waals surface area (Å²) in [6.45, 7) is 0.222. The highest BCUT2D eigenvalue weighted by atomic mass is 35.5. The van der Waals surface area contributed by atoms with E-state index in [9.17, 15) is 14.4 Å². The Labute approximate surface area is 118 Å². The third-order valence-electron chi connectivity index (χ3n) is 2.67. The summed E-state index contributed by atoms with van der Waals surface area (Å²) in [4.78, 5) is 36.1. The minimum Gasteiger partial charge on any atom is -0.295 e. The first kappa shape index (κ1) is 14.0. The summed E-state index contributed by atoms with van der Waals surface area (Å²) in [5.41, 5.74) is 2.02. The molecule has 0 spiro atoms. The molecule has 1 aromatic carbocycles. The van der Waals surface area contributed by atoms with Crippen molar-refractivity contribution in [3.05, 3.63) is 67.4 Å². The van der Waals surface area contributed by atoms with Crippen LogP contribution >= 0.6 is 11.6 Å². The van der Waals surface area contributed by atoms with Crippen molar-refractivity contribution in [2.45, 2.75) is 6.54 Å². The van der Waals surface area contributed by atoms with E-state index in [0.717, 1.165) is 5.56 Å². The normalized spacial score (nSPS) is 10.3. The standard InChI is InChI=1S/C12H11ClN4O3/c13-9-6-17(12(20)15-11(9)19)5-7-1-3-8(4-2-7)10(18)16-14/h1-4,6H,5,14H2,(H,16,18)(H,15,19,20). The van der Waals surface area contributed by atoms with E-state index in [1.807, 2.05) is 5.43 Å². The van der Waals surface area contributed by atoms with Gasteiger partial charge in [0.25, 0.3) is 11.5 Å². The number of halogens is 1. The molecule has 104 valence electrons. The molecule has 2 rings (SSSR count). The second-order valence-corrected chi connectivity index (χ2v) is 4.44. The summed E-state index contributed by atoms with van der Waals surface area (Å²) < 4.78 is 1.27. The number of nitrogens with two attached hydrogens (primary N) is 1. The van der Waals surface area contributed by atoms with Gasteiger partial charge in [-0.05, 0) is 17.7 Å². The van der Waals surface area contributed by atoms with Crippen LogP contribution in [0.15, 0.2) is 40.1 Å². The summed E-state index contributed by atoms with van der Waals surface area (Å²) in [5.74, 6) is 4.62. The molecule has 0 aliphatic heterocycles. The zero-order chi connectivity index (χ0) is 14.7. The number of carbonyl (C=O) groups is 1. The van der Waals surface area contributed by atoms with Gasteiger partial charge in [-0.15, -0.1) is 0 Å².